The highest BCUT2D eigenvalue weighted by Crippen LogP contribution is 2.12. The van der Waals surface area contributed by atoms with Gasteiger partial charge in [-0.1, -0.05) is 49.4 Å². The molecule has 29 heavy (non-hydrogen) atoms. The van der Waals surface area contributed by atoms with Gasteiger partial charge in [0.2, 0.25) is 5.91 Å². The predicted octanol–water partition coefficient (Wildman–Crippen LogP) is 2.05. The Morgan fingerprint density at radius 2 is 1.72 bits per heavy atom. The molecule has 1 aromatic rings. The monoisotopic (exact) mass is 403 g/mol. The molecule has 7 heteroatoms. The van der Waals surface area contributed by atoms with Gasteiger partial charge in [-0.2, -0.15) is 0 Å². The molecule has 0 radical (unpaired) electrons. The van der Waals surface area contributed by atoms with Crippen molar-refractivity contribution in [2.24, 2.45) is 11.8 Å². The number of carbonyl (C=O) groups excluding carboxylic acids is 3. The largest absolute Gasteiger partial charge is 0.463 e. The first-order valence-electron chi connectivity index (χ1n) is 9.76. The van der Waals surface area contributed by atoms with E-state index in [-0.39, 0.29) is 37.6 Å². The summed E-state index contributed by atoms with van der Waals surface area (Å²) in [7, 11) is 1.54. The molecule has 1 aliphatic rings. The van der Waals surface area contributed by atoms with Gasteiger partial charge in [-0.15, -0.1) is 0 Å². The molecule has 158 valence electrons. The van der Waals surface area contributed by atoms with Crippen LogP contribution in [0.2, 0.25) is 0 Å². The van der Waals surface area contributed by atoms with E-state index in [0.717, 1.165) is 5.56 Å². The van der Waals surface area contributed by atoms with Gasteiger partial charge >= 0.3 is 11.9 Å². The van der Waals surface area contributed by atoms with E-state index in [0.29, 0.717) is 6.42 Å². The molecule has 1 aliphatic heterocycles. The normalized spacial score (nSPS) is 28.3. The summed E-state index contributed by atoms with van der Waals surface area (Å²) < 4.78 is 16.0. The second-order valence-corrected chi connectivity index (χ2v) is 7.24. The summed E-state index contributed by atoms with van der Waals surface area (Å²) in [6.07, 6.45) is 3.66. The van der Waals surface area contributed by atoms with E-state index in [2.05, 4.69) is 5.32 Å². The molecule has 0 aliphatic carbocycles. The Labute approximate surface area is 171 Å². The minimum absolute atomic E-state index is 0.0565. The summed E-state index contributed by atoms with van der Waals surface area (Å²) in [5, 5.41) is 2.74. The molecule has 0 unspecified atom stereocenters. The van der Waals surface area contributed by atoms with Crippen molar-refractivity contribution in [2.45, 2.75) is 38.8 Å². The fourth-order valence-electron chi connectivity index (χ4n) is 2.93. The second-order valence-electron chi connectivity index (χ2n) is 7.24. The third-order valence-electron chi connectivity index (χ3n) is 4.80. The number of esters is 2. The molecule has 1 amide bonds. The van der Waals surface area contributed by atoms with E-state index in [1.54, 1.807) is 20.1 Å². The Balaban J connectivity index is 2.17. The van der Waals surface area contributed by atoms with Gasteiger partial charge in [0.25, 0.3) is 0 Å². The van der Waals surface area contributed by atoms with E-state index in [9.17, 15) is 14.4 Å². The third-order valence-corrected chi connectivity index (χ3v) is 4.80. The number of rotatable bonds is 3. The minimum Gasteiger partial charge on any atom is -0.463 e. The SMILES string of the molecule is CO[C@H]1COC(=O)[C@H](C)COC(=O)[C@H](Cc2ccccc2)NC(=O)C/C=C/[C@H]1C. The van der Waals surface area contributed by atoms with Crippen LogP contribution in [0.3, 0.4) is 0 Å². The molecule has 1 heterocycles. The Morgan fingerprint density at radius 1 is 1.03 bits per heavy atom. The molecular formula is C22H29NO6. The first-order valence-corrected chi connectivity index (χ1v) is 9.76. The molecule has 0 spiro atoms. The number of hydrogen-bond donors (Lipinski definition) is 1. The van der Waals surface area contributed by atoms with Crippen LogP contribution < -0.4 is 5.32 Å². The van der Waals surface area contributed by atoms with E-state index in [1.165, 1.54) is 0 Å². The molecule has 0 fully saturated rings. The van der Waals surface area contributed by atoms with Gasteiger partial charge in [-0.3, -0.25) is 9.59 Å². The minimum atomic E-state index is -0.837. The zero-order chi connectivity index (χ0) is 21.2. The maximum atomic E-state index is 12.6. The summed E-state index contributed by atoms with van der Waals surface area (Å²) in [4.78, 5) is 37.1. The number of ether oxygens (including phenoxy) is 3. The number of methoxy groups -OCH3 is 1. The molecule has 0 saturated carbocycles. The maximum Gasteiger partial charge on any atom is 0.329 e. The van der Waals surface area contributed by atoms with Crippen molar-refractivity contribution >= 4 is 17.8 Å². The van der Waals surface area contributed by atoms with Gasteiger partial charge in [0.05, 0.1) is 12.0 Å². The van der Waals surface area contributed by atoms with Crippen molar-refractivity contribution in [2.75, 3.05) is 20.3 Å². The Morgan fingerprint density at radius 3 is 2.41 bits per heavy atom. The van der Waals surface area contributed by atoms with Gasteiger partial charge in [0.15, 0.2) is 0 Å². The molecular weight excluding hydrogens is 374 g/mol. The summed E-state index contributed by atoms with van der Waals surface area (Å²) in [6.45, 7) is 3.51. The quantitative estimate of drug-likeness (QED) is 0.614. The van der Waals surface area contributed by atoms with Crippen molar-refractivity contribution in [1.29, 1.82) is 0 Å². The zero-order valence-electron chi connectivity index (χ0n) is 17.1. The molecule has 4 atom stereocenters. The van der Waals surface area contributed by atoms with E-state index in [4.69, 9.17) is 14.2 Å². The molecule has 1 aromatic carbocycles. The maximum absolute atomic E-state index is 12.6. The lowest BCUT2D eigenvalue weighted by atomic mass is 10.0. The van der Waals surface area contributed by atoms with Gasteiger partial charge in [-0.05, 0) is 12.5 Å². The van der Waals surface area contributed by atoms with E-state index in [1.807, 2.05) is 43.3 Å². The molecule has 7 nitrogen and oxygen atoms in total. The van der Waals surface area contributed by atoms with Crippen LogP contribution >= 0.6 is 0 Å². The smallest absolute Gasteiger partial charge is 0.329 e. The van der Waals surface area contributed by atoms with Crippen LogP contribution in [0.5, 0.6) is 0 Å². The molecule has 2 rings (SSSR count). The number of nitrogens with one attached hydrogen (secondary N) is 1. The second kappa shape index (κ2) is 11.4. The Kier molecular flexibility index (Phi) is 8.86. The first kappa shape index (κ1) is 22.6. The number of carbonyl (C=O) groups is 3. The highest BCUT2D eigenvalue weighted by molar-refractivity contribution is 5.85. The molecule has 0 aromatic heterocycles. The van der Waals surface area contributed by atoms with E-state index >= 15 is 0 Å². The van der Waals surface area contributed by atoms with E-state index < -0.39 is 23.9 Å². The van der Waals surface area contributed by atoms with Gasteiger partial charge < -0.3 is 19.5 Å². The van der Waals surface area contributed by atoms with Gasteiger partial charge in [0, 0.05) is 25.9 Å². The average Bonchev–Trinajstić information content (AvgIpc) is 2.71. The highest BCUT2D eigenvalue weighted by atomic mass is 16.6. The van der Waals surface area contributed by atoms with Gasteiger partial charge in [-0.25, -0.2) is 4.79 Å². The summed E-state index contributed by atoms with van der Waals surface area (Å²) >= 11 is 0. The van der Waals surface area contributed by atoms with Crippen LogP contribution in [0.1, 0.15) is 25.8 Å². The number of amides is 1. The van der Waals surface area contributed by atoms with Crippen LogP contribution in [0.15, 0.2) is 42.5 Å². The fraction of sp³-hybridized carbons (Fsp3) is 0.500. The number of hydrogen-bond acceptors (Lipinski definition) is 6. The fourth-order valence-corrected chi connectivity index (χ4v) is 2.93. The topological polar surface area (TPSA) is 90.9 Å². The van der Waals surface area contributed by atoms with Crippen molar-refractivity contribution in [3.63, 3.8) is 0 Å². The molecule has 0 saturated heterocycles. The predicted molar refractivity (Wildman–Crippen MR) is 107 cm³/mol. The van der Waals surface area contributed by atoms with Crippen LogP contribution in [0, 0.1) is 11.8 Å². The Hall–Kier alpha value is -2.67. The van der Waals surface area contributed by atoms with Crippen molar-refractivity contribution in [3.05, 3.63) is 48.0 Å². The lowest BCUT2D eigenvalue weighted by Crippen LogP contribution is -2.43. The van der Waals surface area contributed by atoms with Crippen molar-refractivity contribution in [3.8, 4) is 0 Å². The van der Waals surface area contributed by atoms with Crippen molar-refractivity contribution < 1.29 is 28.6 Å². The number of cyclic esters (lactones) is 2. The summed E-state index contributed by atoms with van der Waals surface area (Å²) in [5.41, 5.74) is 0.896. The lowest BCUT2D eigenvalue weighted by molar-refractivity contribution is -0.158. The average molecular weight is 403 g/mol. The first-order chi connectivity index (χ1) is 13.9. The summed E-state index contributed by atoms with van der Waals surface area (Å²) in [6, 6.07) is 8.52. The highest BCUT2D eigenvalue weighted by Gasteiger charge is 2.26. The van der Waals surface area contributed by atoms with Crippen LogP contribution in [-0.2, 0) is 35.0 Å². The lowest BCUT2D eigenvalue weighted by Gasteiger charge is -2.21. The summed E-state index contributed by atoms with van der Waals surface area (Å²) in [5.74, 6) is -2.01. The Bertz CT molecular complexity index is 717. The van der Waals surface area contributed by atoms with Crippen LogP contribution in [0.25, 0.3) is 0 Å². The van der Waals surface area contributed by atoms with Crippen LogP contribution in [-0.4, -0.2) is 50.3 Å². The van der Waals surface area contributed by atoms with Gasteiger partial charge in [0.1, 0.15) is 19.3 Å². The third kappa shape index (κ3) is 7.34. The molecule has 0 bridgehead atoms. The van der Waals surface area contributed by atoms with Crippen molar-refractivity contribution in [1.82, 2.24) is 5.32 Å². The van der Waals surface area contributed by atoms with Crippen LogP contribution in [0.4, 0.5) is 0 Å². The standard InChI is InChI=1S/C22H29NO6/c1-15-8-7-11-20(24)23-18(12-17-9-5-4-6-10-17)22(26)28-13-16(2)21(25)29-14-19(15)27-3/h4-10,15-16,18-19H,11-14H2,1-3H3,(H,23,24)/b8-7+/t15-,16-,18+,19+/m1/s1. The number of benzene rings is 1. The zero-order valence-corrected chi connectivity index (χ0v) is 17.1. The molecule has 1 N–H and O–H groups in total.